The third-order valence-electron chi connectivity index (χ3n) is 3.79. The number of fused-ring (bicyclic) bond motifs is 3. The largest absolute Gasteiger partial charge is 0.463 e. The Morgan fingerprint density at radius 2 is 2.20 bits per heavy atom. The summed E-state index contributed by atoms with van der Waals surface area (Å²) in [7, 11) is 0. The molecule has 0 bridgehead atoms. The number of rotatable bonds is 4. The van der Waals surface area contributed by atoms with E-state index in [4.69, 9.17) is 4.42 Å². The fourth-order valence-electron chi connectivity index (χ4n) is 2.52. The van der Waals surface area contributed by atoms with Gasteiger partial charge in [0, 0.05) is 17.8 Å². The normalized spacial score (nSPS) is 11.3. The predicted octanol–water partition coefficient (Wildman–Crippen LogP) is 3.65. The number of carbonyl (C=O) groups is 1. The topological polar surface area (TPSA) is 72.4 Å². The molecule has 0 aliphatic carbocycles. The number of carbonyl (C=O) groups excluding carboxylic acids is 1. The highest BCUT2D eigenvalue weighted by Gasteiger charge is 2.13. The van der Waals surface area contributed by atoms with Gasteiger partial charge in [-0.15, -0.1) is 10.2 Å². The Kier molecular flexibility index (Phi) is 3.89. The van der Waals surface area contributed by atoms with Crippen molar-refractivity contribution < 1.29 is 13.6 Å². The van der Waals surface area contributed by atoms with Crippen LogP contribution in [0.15, 0.2) is 52.4 Å². The van der Waals surface area contributed by atoms with Crippen LogP contribution in [0, 0.1) is 12.7 Å². The molecule has 0 aliphatic rings. The van der Waals surface area contributed by atoms with Crippen molar-refractivity contribution in [2.75, 3.05) is 11.1 Å². The zero-order valence-electron chi connectivity index (χ0n) is 13.2. The first-order chi connectivity index (χ1) is 12.1. The predicted molar refractivity (Wildman–Crippen MR) is 93.2 cm³/mol. The molecule has 8 heteroatoms. The van der Waals surface area contributed by atoms with E-state index in [-0.39, 0.29) is 17.5 Å². The molecule has 0 atom stereocenters. The summed E-state index contributed by atoms with van der Waals surface area (Å²) in [5.41, 5.74) is 3.41. The first-order valence-corrected chi connectivity index (χ1v) is 8.49. The quantitative estimate of drug-likeness (QED) is 0.565. The maximum Gasteiger partial charge on any atom is 0.234 e. The molecular weight excluding hydrogens is 343 g/mol. The van der Waals surface area contributed by atoms with Gasteiger partial charge >= 0.3 is 0 Å². The van der Waals surface area contributed by atoms with E-state index in [9.17, 15) is 9.18 Å². The van der Waals surface area contributed by atoms with Gasteiger partial charge < -0.3 is 9.73 Å². The summed E-state index contributed by atoms with van der Waals surface area (Å²) in [6.07, 6.45) is 3.21. The van der Waals surface area contributed by atoms with Crippen molar-refractivity contribution in [3.63, 3.8) is 0 Å². The molecule has 3 aromatic heterocycles. The molecule has 0 saturated carbocycles. The van der Waals surface area contributed by atoms with Crippen molar-refractivity contribution in [1.29, 1.82) is 0 Å². The van der Waals surface area contributed by atoms with Gasteiger partial charge in [-0.3, -0.25) is 9.20 Å². The van der Waals surface area contributed by atoms with Gasteiger partial charge in [0.1, 0.15) is 17.2 Å². The summed E-state index contributed by atoms with van der Waals surface area (Å²) in [4.78, 5) is 12.1. The van der Waals surface area contributed by atoms with Crippen molar-refractivity contribution in [1.82, 2.24) is 14.6 Å². The zero-order chi connectivity index (χ0) is 17.4. The molecule has 126 valence electrons. The van der Waals surface area contributed by atoms with Gasteiger partial charge in [0.05, 0.1) is 23.0 Å². The number of aromatic nitrogens is 3. The van der Waals surface area contributed by atoms with Crippen LogP contribution in [0.1, 0.15) is 5.56 Å². The van der Waals surface area contributed by atoms with Gasteiger partial charge in [-0.2, -0.15) is 0 Å². The number of furan rings is 1. The van der Waals surface area contributed by atoms with Crippen LogP contribution in [0.5, 0.6) is 0 Å². The molecule has 0 spiro atoms. The zero-order valence-corrected chi connectivity index (χ0v) is 14.0. The van der Waals surface area contributed by atoms with Crippen LogP contribution < -0.4 is 5.32 Å². The number of halogens is 1. The number of thioether (sulfide) groups is 1. The summed E-state index contributed by atoms with van der Waals surface area (Å²) in [5, 5.41) is 11.4. The number of nitrogens with zero attached hydrogens (tertiary/aromatic N) is 3. The highest BCUT2D eigenvalue weighted by molar-refractivity contribution is 8.00. The van der Waals surface area contributed by atoms with Gasteiger partial charge in [-0.05, 0) is 24.6 Å². The molecule has 4 rings (SSSR count). The second kappa shape index (κ2) is 6.21. The number of nitrogens with one attached hydrogen (secondary N) is 1. The first-order valence-electron chi connectivity index (χ1n) is 7.50. The number of hydrogen-bond acceptors (Lipinski definition) is 5. The second-order valence-electron chi connectivity index (χ2n) is 5.51. The van der Waals surface area contributed by atoms with Gasteiger partial charge in [0.15, 0.2) is 5.58 Å². The Morgan fingerprint density at radius 1 is 1.32 bits per heavy atom. The summed E-state index contributed by atoms with van der Waals surface area (Å²) in [6, 6.07) is 8.30. The number of amides is 1. The minimum absolute atomic E-state index is 0.135. The Morgan fingerprint density at radius 3 is 3.04 bits per heavy atom. The van der Waals surface area contributed by atoms with Crippen molar-refractivity contribution >= 4 is 40.0 Å². The van der Waals surface area contributed by atoms with Gasteiger partial charge in [0.25, 0.3) is 0 Å². The highest BCUT2D eigenvalue weighted by atomic mass is 32.2. The molecule has 0 saturated heterocycles. The number of benzene rings is 1. The molecule has 0 unspecified atom stereocenters. The minimum Gasteiger partial charge on any atom is -0.463 e. The van der Waals surface area contributed by atoms with Crippen LogP contribution in [0.3, 0.4) is 0 Å². The average Bonchev–Trinajstić information content (AvgIpc) is 3.18. The molecule has 6 nitrogen and oxygen atoms in total. The molecule has 0 radical (unpaired) electrons. The Bertz CT molecular complexity index is 1090. The molecule has 25 heavy (non-hydrogen) atoms. The molecule has 4 aromatic rings. The smallest absolute Gasteiger partial charge is 0.234 e. The molecule has 0 fully saturated rings. The van der Waals surface area contributed by atoms with E-state index in [1.165, 1.54) is 17.8 Å². The third kappa shape index (κ3) is 2.96. The van der Waals surface area contributed by atoms with Crippen LogP contribution >= 0.6 is 11.8 Å². The fraction of sp³-hybridized carbons (Fsp3) is 0.118. The van der Waals surface area contributed by atoms with E-state index in [0.29, 0.717) is 16.3 Å². The van der Waals surface area contributed by atoms with E-state index in [1.807, 2.05) is 16.5 Å². The van der Waals surface area contributed by atoms with E-state index in [0.717, 1.165) is 16.6 Å². The number of hydrogen-bond donors (Lipinski definition) is 1. The standard InChI is InChI=1S/C17H13FN4O2S/c1-10-2-3-11(6-12(10)18)20-16(23)8-25-17-14-7-15-13(4-5-24-15)22(14)9-19-21-17/h2-7,9H,8H2,1H3,(H,20,23). The molecule has 1 amide bonds. The Hall–Kier alpha value is -2.87. The van der Waals surface area contributed by atoms with Gasteiger partial charge in [-0.25, -0.2) is 4.39 Å². The Balaban J connectivity index is 1.50. The van der Waals surface area contributed by atoms with Crippen molar-refractivity contribution in [3.8, 4) is 0 Å². The summed E-state index contributed by atoms with van der Waals surface area (Å²) in [6.45, 7) is 1.67. The monoisotopic (exact) mass is 356 g/mol. The lowest BCUT2D eigenvalue weighted by Gasteiger charge is -2.06. The lowest BCUT2D eigenvalue weighted by atomic mass is 10.2. The first kappa shape index (κ1) is 15.6. The summed E-state index contributed by atoms with van der Waals surface area (Å²) < 4.78 is 20.8. The molecule has 1 N–H and O–H groups in total. The van der Waals surface area contributed by atoms with Crippen molar-refractivity contribution in [3.05, 3.63) is 54.3 Å². The van der Waals surface area contributed by atoms with Crippen LogP contribution in [0.2, 0.25) is 0 Å². The molecule has 0 aliphatic heterocycles. The lowest BCUT2D eigenvalue weighted by molar-refractivity contribution is -0.113. The molecular formula is C17H13FN4O2S. The van der Waals surface area contributed by atoms with Crippen LogP contribution in [-0.2, 0) is 4.79 Å². The van der Waals surface area contributed by atoms with E-state index in [2.05, 4.69) is 15.5 Å². The highest BCUT2D eigenvalue weighted by Crippen LogP contribution is 2.27. The minimum atomic E-state index is -0.350. The van der Waals surface area contributed by atoms with Crippen LogP contribution in [-0.4, -0.2) is 26.3 Å². The average molecular weight is 356 g/mol. The summed E-state index contributed by atoms with van der Waals surface area (Å²) >= 11 is 1.26. The van der Waals surface area contributed by atoms with Gasteiger partial charge in [-0.1, -0.05) is 17.8 Å². The van der Waals surface area contributed by atoms with Crippen molar-refractivity contribution in [2.45, 2.75) is 11.9 Å². The number of aryl methyl sites for hydroxylation is 1. The summed E-state index contributed by atoms with van der Waals surface area (Å²) in [5.74, 6) is -0.458. The van der Waals surface area contributed by atoms with Crippen molar-refractivity contribution in [2.24, 2.45) is 0 Å². The number of anilines is 1. The SMILES string of the molecule is Cc1ccc(NC(=O)CSc2nncn3c2cc2occc23)cc1F. The van der Waals surface area contributed by atoms with Crippen LogP contribution in [0.4, 0.5) is 10.1 Å². The molecule has 3 heterocycles. The fourth-order valence-corrected chi connectivity index (χ4v) is 3.27. The van der Waals surface area contributed by atoms with E-state index < -0.39 is 0 Å². The second-order valence-corrected chi connectivity index (χ2v) is 6.47. The van der Waals surface area contributed by atoms with Gasteiger partial charge in [0.2, 0.25) is 5.91 Å². The third-order valence-corrected chi connectivity index (χ3v) is 4.76. The maximum absolute atomic E-state index is 13.5. The lowest BCUT2D eigenvalue weighted by Crippen LogP contribution is -2.14. The Labute approximate surface area is 146 Å². The maximum atomic E-state index is 13.5. The van der Waals surface area contributed by atoms with E-state index >= 15 is 0 Å². The van der Waals surface area contributed by atoms with Crippen LogP contribution in [0.25, 0.3) is 16.6 Å². The molecule has 1 aromatic carbocycles. The van der Waals surface area contributed by atoms with E-state index in [1.54, 1.807) is 31.6 Å².